The first-order chi connectivity index (χ1) is 29.8. The van der Waals surface area contributed by atoms with Gasteiger partial charge in [-0.3, -0.25) is 0 Å². The maximum Gasteiger partial charge on any atom is 0.140 e. The molecule has 282 valence electrons. The van der Waals surface area contributed by atoms with Crippen LogP contribution in [0.1, 0.15) is 40.7 Å². The molecule has 2 aliphatic carbocycles. The van der Waals surface area contributed by atoms with Gasteiger partial charge in [0.15, 0.2) is 0 Å². The van der Waals surface area contributed by atoms with Crippen molar-refractivity contribution < 1.29 is 4.74 Å². The van der Waals surface area contributed by atoms with Crippen molar-refractivity contribution in [2.75, 3.05) is 4.90 Å². The van der Waals surface area contributed by atoms with Crippen molar-refractivity contribution >= 4 is 75.7 Å². The summed E-state index contributed by atoms with van der Waals surface area (Å²) in [5, 5.41) is 7.15. The summed E-state index contributed by atoms with van der Waals surface area (Å²) in [7, 11) is 0. The molecule has 0 saturated carbocycles. The molecule has 3 heteroatoms. The molecular formula is C57H37NOS. The molecule has 60 heavy (non-hydrogen) atoms. The van der Waals surface area contributed by atoms with Crippen molar-refractivity contribution in [2.45, 2.75) is 18.3 Å². The van der Waals surface area contributed by atoms with Crippen molar-refractivity contribution in [3.63, 3.8) is 0 Å². The molecular weight excluding hydrogens is 747 g/mol. The average molecular weight is 784 g/mol. The molecule has 2 nitrogen and oxygen atoms in total. The van der Waals surface area contributed by atoms with Crippen LogP contribution in [0.5, 0.6) is 11.5 Å². The van der Waals surface area contributed by atoms with Gasteiger partial charge in [0.25, 0.3) is 0 Å². The molecule has 1 aromatic heterocycles. The zero-order valence-electron chi connectivity index (χ0n) is 32.7. The van der Waals surface area contributed by atoms with E-state index in [9.17, 15) is 0 Å². The maximum absolute atomic E-state index is 7.26. The van der Waals surface area contributed by atoms with Crippen LogP contribution in [0.25, 0.3) is 58.4 Å². The first-order valence-corrected chi connectivity index (χ1v) is 21.7. The lowest BCUT2D eigenvalue weighted by atomic mass is 9.65. The van der Waals surface area contributed by atoms with E-state index in [4.69, 9.17) is 4.74 Å². The summed E-state index contributed by atoms with van der Waals surface area (Å²) in [5.74, 6) is 1.86. The van der Waals surface area contributed by atoms with E-state index in [1.54, 1.807) is 0 Å². The number of nitrogens with zero attached hydrogens (tertiary/aromatic N) is 1. The lowest BCUT2D eigenvalue weighted by Crippen LogP contribution is -2.32. The first kappa shape index (κ1) is 33.7. The van der Waals surface area contributed by atoms with Gasteiger partial charge in [-0.15, -0.1) is 11.3 Å². The number of rotatable bonds is 4. The Morgan fingerprint density at radius 1 is 0.483 bits per heavy atom. The molecule has 1 spiro atoms. The first-order valence-electron chi connectivity index (χ1n) is 20.9. The third kappa shape index (κ3) is 4.70. The van der Waals surface area contributed by atoms with Crippen LogP contribution in [0.4, 0.5) is 17.1 Å². The Kier molecular flexibility index (Phi) is 7.25. The molecule has 2 heterocycles. The zero-order valence-corrected chi connectivity index (χ0v) is 33.5. The van der Waals surface area contributed by atoms with E-state index in [1.807, 2.05) is 11.3 Å². The monoisotopic (exact) mass is 783 g/mol. The molecule has 3 aliphatic rings. The molecule has 0 atom stereocenters. The fourth-order valence-electron chi connectivity index (χ4n) is 10.5. The van der Waals surface area contributed by atoms with Crippen LogP contribution in [0, 0.1) is 0 Å². The number of fused-ring (bicyclic) bond motifs is 16. The van der Waals surface area contributed by atoms with Gasteiger partial charge >= 0.3 is 0 Å². The van der Waals surface area contributed by atoms with Crippen LogP contribution in [0.15, 0.2) is 200 Å². The average Bonchev–Trinajstić information content (AvgIpc) is 3.84. The maximum atomic E-state index is 7.26. The van der Waals surface area contributed by atoms with Gasteiger partial charge in [-0.2, -0.15) is 0 Å². The normalized spacial score (nSPS) is 14.5. The molecule has 0 bridgehead atoms. The van der Waals surface area contributed by atoms with Crippen LogP contribution in [0.2, 0.25) is 0 Å². The van der Waals surface area contributed by atoms with Crippen LogP contribution >= 0.6 is 11.3 Å². The molecule has 0 saturated heterocycles. The molecule has 0 N–H and O–H groups in total. The molecule has 0 radical (unpaired) electrons. The lowest BCUT2D eigenvalue weighted by Gasteiger charge is -2.40. The summed E-state index contributed by atoms with van der Waals surface area (Å²) in [6, 6.07) is 67.6. The lowest BCUT2D eigenvalue weighted by molar-refractivity contribution is 0.447. The minimum absolute atomic E-state index is 0.641. The Bertz CT molecular complexity index is 3390. The van der Waals surface area contributed by atoms with Gasteiger partial charge in [0.05, 0.1) is 15.8 Å². The quantitative estimate of drug-likeness (QED) is 0.176. The Morgan fingerprint density at radius 3 is 1.88 bits per heavy atom. The molecule has 0 amide bonds. The van der Waals surface area contributed by atoms with Gasteiger partial charge in [0.2, 0.25) is 0 Å². The number of benzene rings is 9. The number of ether oxygens (including phenoxy) is 1. The van der Waals surface area contributed by atoms with Gasteiger partial charge in [0, 0.05) is 48.7 Å². The van der Waals surface area contributed by atoms with E-state index in [2.05, 4.69) is 205 Å². The summed E-state index contributed by atoms with van der Waals surface area (Å²) in [4.78, 5) is 2.49. The summed E-state index contributed by atoms with van der Waals surface area (Å²) in [5.41, 5.74) is 12.7. The predicted octanol–water partition coefficient (Wildman–Crippen LogP) is 16.0. The second-order valence-electron chi connectivity index (χ2n) is 16.2. The molecule has 10 aromatic rings. The van der Waals surface area contributed by atoms with Crippen molar-refractivity contribution in [3.05, 3.63) is 228 Å². The number of anilines is 3. The van der Waals surface area contributed by atoms with Crippen molar-refractivity contribution in [3.8, 4) is 22.6 Å². The number of hydrogen-bond acceptors (Lipinski definition) is 3. The molecule has 0 unspecified atom stereocenters. The highest BCUT2D eigenvalue weighted by Crippen LogP contribution is 2.64. The van der Waals surface area contributed by atoms with E-state index in [-0.39, 0.29) is 0 Å². The van der Waals surface area contributed by atoms with Crippen molar-refractivity contribution in [2.24, 2.45) is 0 Å². The topological polar surface area (TPSA) is 12.5 Å². The third-order valence-corrected chi connectivity index (χ3v) is 14.3. The smallest absolute Gasteiger partial charge is 0.140 e. The van der Waals surface area contributed by atoms with E-state index in [0.717, 1.165) is 46.5 Å². The molecule has 1 aliphatic heterocycles. The molecule has 0 fully saturated rings. The van der Waals surface area contributed by atoms with Gasteiger partial charge in [-0.25, -0.2) is 0 Å². The highest BCUT2D eigenvalue weighted by atomic mass is 32.1. The Balaban J connectivity index is 1.11. The summed E-state index contributed by atoms with van der Waals surface area (Å²) < 4.78 is 9.83. The fourth-order valence-corrected chi connectivity index (χ4v) is 11.7. The second-order valence-corrected chi connectivity index (χ2v) is 17.3. The zero-order chi connectivity index (χ0) is 39.4. The van der Waals surface area contributed by atoms with E-state index in [0.29, 0.717) is 0 Å². The van der Waals surface area contributed by atoms with E-state index in [1.165, 1.54) is 81.1 Å². The van der Waals surface area contributed by atoms with E-state index >= 15 is 0 Å². The van der Waals surface area contributed by atoms with E-state index < -0.39 is 5.41 Å². The fraction of sp³-hybridized carbons (Fsp3) is 0.0526. The summed E-state index contributed by atoms with van der Waals surface area (Å²) in [6.45, 7) is 0. The number of thiophene rings is 1. The minimum Gasteiger partial charge on any atom is -0.455 e. The largest absolute Gasteiger partial charge is 0.455 e. The summed E-state index contributed by atoms with van der Waals surface area (Å²) in [6.07, 6.45) is 9.09. The highest BCUT2D eigenvalue weighted by Gasteiger charge is 2.52. The molecule has 9 aromatic carbocycles. The summed E-state index contributed by atoms with van der Waals surface area (Å²) >= 11 is 1.88. The SMILES string of the molecule is C1=CC(c2ccc(N(c3ccc4c(c3)C3(c5ccccc5-4)c4ccc5ccccc5c4Oc4c3ccc3ccccc43)c3cccc4c3sc3ccccc34)cc2)=CCC1. The van der Waals surface area contributed by atoms with Crippen molar-refractivity contribution in [1.29, 1.82) is 0 Å². The van der Waals surface area contributed by atoms with Crippen LogP contribution in [-0.2, 0) is 5.41 Å². The van der Waals surface area contributed by atoms with Gasteiger partial charge in [0.1, 0.15) is 11.5 Å². The predicted molar refractivity (Wildman–Crippen MR) is 253 cm³/mol. The Hall–Kier alpha value is -7.20. The van der Waals surface area contributed by atoms with Gasteiger partial charge < -0.3 is 9.64 Å². The van der Waals surface area contributed by atoms with Crippen LogP contribution in [0.3, 0.4) is 0 Å². The second kappa shape index (κ2) is 12.9. The molecule has 13 rings (SSSR count). The van der Waals surface area contributed by atoms with Gasteiger partial charge in [-0.1, -0.05) is 164 Å². The minimum atomic E-state index is -0.641. The van der Waals surface area contributed by atoms with Crippen LogP contribution < -0.4 is 9.64 Å². The van der Waals surface area contributed by atoms with Gasteiger partial charge in [-0.05, 0) is 93.4 Å². The number of allylic oxidation sites excluding steroid dienone is 4. The van der Waals surface area contributed by atoms with Crippen molar-refractivity contribution in [1.82, 2.24) is 0 Å². The standard InChI is InChI=1S/C57H37NOS/c1-2-13-36(14-3-1)37-25-29-40(30-26-37)58(52-23-12-21-47-46-20-9-11-24-53(46)60-56(47)52)41-31-32-45-44-19-8-10-22-48(44)57(51(45)35-41)49-33-27-38-15-4-6-17-42(38)54(49)59-55-43-18-7-5-16-39(43)28-34-50(55)57/h2,4-35H,1,3H2. The number of hydrogen-bond donors (Lipinski definition) is 0. The van der Waals surface area contributed by atoms with Crippen LogP contribution in [-0.4, -0.2) is 0 Å². The third-order valence-electron chi connectivity index (χ3n) is 13.1. The Morgan fingerprint density at radius 2 is 1.13 bits per heavy atom. The Labute approximate surface area is 352 Å². The highest BCUT2D eigenvalue weighted by molar-refractivity contribution is 7.26.